The average Bonchev–Trinajstić information content (AvgIpc) is 3.03. The number of nitrogens with zero attached hydrogens (tertiary/aromatic N) is 2. The van der Waals surface area contributed by atoms with Crippen LogP contribution in [0.15, 0.2) is 30.5 Å². The van der Waals surface area contributed by atoms with Crippen molar-refractivity contribution in [2.24, 2.45) is 0 Å². The van der Waals surface area contributed by atoms with Crippen LogP contribution in [-0.4, -0.2) is 42.1 Å². The van der Waals surface area contributed by atoms with Gasteiger partial charge in [-0.15, -0.1) is 0 Å². The number of nitrogens with one attached hydrogen (secondary N) is 2. The summed E-state index contributed by atoms with van der Waals surface area (Å²) in [5.74, 6) is 1.17. The van der Waals surface area contributed by atoms with Gasteiger partial charge in [0.25, 0.3) is 5.91 Å². The third kappa shape index (κ3) is 2.77. The highest BCUT2D eigenvalue weighted by molar-refractivity contribution is 5.94. The number of benzene rings is 1. The number of hydrogen-bond acceptors (Lipinski definition) is 4. The van der Waals surface area contributed by atoms with Crippen molar-refractivity contribution >= 4 is 11.8 Å². The zero-order valence-electron chi connectivity index (χ0n) is 13.0. The van der Waals surface area contributed by atoms with Crippen LogP contribution in [0.4, 0.5) is 0 Å². The number of amides is 2. The lowest BCUT2D eigenvalue weighted by atomic mass is 10.1. The predicted molar refractivity (Wildman–Crippen MR) is 84.3 cm³/mol. The lowest BCUT2D eigenvalue weighted by molar-refractivity contribution is -0.121. The van der Waals surface area contributed by atoms with E-state index in [1.807, 2.05) is 28.8 Å². The summed E-state index contributed by atoms with van der Waals surface area (Å²) in [6, 6.07) is 7.29. The van der Waals surface area contributed by atoms with Gasteiger partial charge in [-0.05, 0) is 24.3 Å². The number of carbonyl (C=O) groups is 2. The number of rotatable bonds is 4. The highest BCUT2D eigenvalue weighted by Gasteiger charge is 2.29. The van der Waals surface area contributed by atoms with Crippen LogP contribution < -0.4 is 15.4 Å². The first kappa shape index (κ1) is 15.1. The summed E-state index contributed by atoms with van der Waals surface area (Å²) < 4.78 is 7.00. The molecule has 0 spiro atoms. The van der Waals surface area contributed by atoms with Crippen LogP contribution in [0.5, 0.6) is 5.75 Å². The number of hydrogen-bond donors (Lipinski definition) is 2. The molecule has 1 atom stereocenters. The summed E-state index contributed by atoms with van der Waals surface area (Å²) in [6.07, 6.45) is 1.83. The van der Waals surface area contributed by atoms with Gasteiger partial charge < -0.3 is 19.9 Å². The number of aromatic nitrogens is 2. The number of imidazole rings is 1. The Labute approximate surface area is 133 Å². The van der Waals surface area contributed by atoms with Crippen molar-refractivity contribution in [3.8, 4) is 17.1 Å². The summed E-state index contributed by atoms with van der Waals surface area (Å²) in [5.41, 5.74) is 1.34. The minimum atomic E-state index is -0.176. The minimum Gasteiger partial charge on any atom is -0.497 e. The fourth-order valence-corrected chi connectivity index (χ4v) is 2.72. The van der Waals surface area contributed by atoms with E-state index in [2.05, 4.69) is 15.6 Å². The first-order valence-corrected chi connectivity index (χ1v) is 7.34. The van der Waals surface area contributed by atoms with Crippen LogP contribution >= 0.6 is 0 Å². The van der Waals surface area contributed by atoms with Gasteiger partial charge in [0, 0.05) is 25.6 Å². The van der Waals surface area contributed by atoms with Crippen molar-refractivity contribution in [1.29, 1.82) is 0 Å². The van der Waals surface area contributed by atoms with Crippen LogP contribution in [0.2, 0.25) is 0 Å². The van der Waals surface area contributed by atoms with Crippen LogP contribution in [0, 0.1) is 0 Å². The molecule has 2 N–H and O–H groups in total. The Bertz CT molecular complexity index is 736. The quantitative estimate of drug-likeness (QED) is 0.881. The smallest absolute Gasteiger partial charge is 0.269 e. The molecule has 7 nitrogen and oxygen atoms in total. The summed E-state index contributed by atoms with van der Waals surface area (Å²) in [5, 5.41) is 5.42. The summed E-state index contributed by atoms with van der Waals surface area (Å²) in [6.45, 7) is 0.402. The Hall–Kier alpha value is -2.83. The van der Waals surface area contributed by atoms with Crippen molar-refractivity contribution in [2.45, 2.75) is 12.5 Å². The van der Waals surface area contributed by atoms with Crippen molar-refractivity contribution in [3.63, 3.8) is 0 Å². The zero-order chi connectivity index (χ0) is 16.4. The molecule has 120 valence electrons. The van der Waals surface area contributed by atoms with Crippen molar-refractivity contribution < 1.29 is 14.3 Å². The van der Waals surface area contributed by atoms with Crippen molar-refractivity contribution in [3.05, 3.63) is 36.2 Å². The maximum Gasteiger partial charge on any atom is 0.269 e. The second kappa shape index (κ2) is 6.12. The van der Waals surface area contributed by atoms with Crippen molar-refractivity contribution in [1.82, 2.24) is 20.2 Å². The first-order valence-electron chi connectivity index (χ1n) is 7.34. The lowest BCUT2D eigenvalue weighted by Gasteiger charge is -2.27. The standard InChI is InChI=1S/C16H18N4O3/c1-17-14(21)7-11-8-19-16(22)13-9-18-15(20(11)13)10-3-5-12(23-2)6-4-10/h3-6,9,11H,7-8H2,1-2H3,(H,17,21)(H,19,22). The van der Waals surface area contributed by atoms with E-state index in [0.717, 1.165) is 11.3 Å². The highest BCUT2D eigenvalue weighted by Crippen LogP contribution is 2.29. The van der Waals surface area contributed by atoms with E-state index in [-0.39, 0.29) is 24.3 Å². The topological polar surface area (TPSA) is 85.2 Å². The van der Waals surface area contributed by atoms with E-state index in [1.54, 1.807) is 20.4 Å². The van der Waals surface area contributed by atoms with Crippen LogP contribution in [0.1, 0.15) is 23.0 Å². The van der Waals surface area contributed by atoms with E-state index >= 15 is 0 Å². The van der Waals surface area contributed by atoms with Crippen LogP contribution in [0.3, 0.4) is 0 Å². The van der Waals surface area contributed by atoms with E-state index in [9.17, 15) is 9.59 Å². The summed E-state index contributed by atoms with van der Waals surface area (Å²) in [7, 11) is 3.21. The van der Waals surface area contributed by atoms with E-state index in [0.29, 0.717) is 18.1 Å². The Morgan fingerprint density at radius 2 is 2.17 bits per heavy atom. The molecule has 3 rings (SSSR count). The molecule has 1 aliphatic rings. The molecule has 1 aliphatic heterocycles. The van der Waals surface area contributed by atoms with Crippen LogP contribution in [0.25, 0.3) is 11.4 Å². The van der Waals surface area contributed by atoms with Gasteiger partial charge >= 0.3 is 0 Å². The molecule has 2 aromatic rings. The molecule has 0 bridgehead atoms. The second-order valence-electron chi connectivity index (χ2n) is 5.31. The SMILES string of the molecule is CNC(=O)CC1CNC(=O)c2cnc(-c3ccc(OC)cc3)n21. The molecule has 0 saturated carbocycles. The monoisotopic (exact) mass is 314 g/mol. The molecular weight excluding hydrogens is 296 g/mol. The normalized spacial score (nSPS) is 16.4. The van der Waals surface area contributed by atoms with Crippen molar-refractivity contribution in [2.75, 3.05) is 20.7 Å². The largest absolute Gasteiger partial charge is 0.497 e. The maximum atomic E-state index is 12.0. The Morgan fingerprint density at radius 1 is 1.43 bits per heavy atom. The molecule has 0 aliphatic carbocycles. The zero-order valence-corrected chi connectivity index (χ0v) is 13.0. The van der Waals surface area contributed by atoms with Gasteiger partial charge in [0.2, 0.25) is 5.91 Å². The average molecular weight is 314 g/mol. The highest BCUT2D eigenvalue weighted by atomic mass is 16.5. The van der Waals surface area contributed by atoms with Gasteiger partial charge in [0.15, 0.2) is 0 Å². The molecule has 7 heteroatoms. The second-order valence-corrected chi connectivity index (χ2v) is 5.31. The Kier molecular flexibility index (Phi) is 4.01. The molecule has 2 amide bonds. The van der Waals surface area contributed by atoms with Gasteiger partial charge in [-0.2, -0.15) is 0 Å². The fraction of sp³-hybridized carbons (Fsp3) is 0.312. The summed E-state index contributed by atoms with van der Waals surface area (Å²) in [4.78, 5) is 28.2. The van der Waals surface area contributed by atoms with Gasteiger partial charge in [-0.1, -0.05) is 0 Å². The Balaban J connectivity index is 2.02. The lowest BCUT2D eigenvalue weighted by Crippen LogP contribution is -2.40. The summed E-state index contributed by atoms with van der Waals surface area (Å²) >= 11 is 0. The third-order valence-corrected chi connectivity index (χ3v) is 3.94. The Morgan fingerprint density at radius 3 is 2.83 bits per heavy atom. The fourth-order valence-electron chi connectivity index (χ4n) is 2.72. The molecule has 0 saturated heterocycles. The molecule has 1 aromatic carbocycles. The molecule has 0 radical (unpaired) electrons. The maximum absolute atomic E-state index is 12.0. The number of carbonyl (C=O) groups excluding carboxylic acids is 2. The molecule has 23 heavy (non-hydrogen) atoms. The first-order chi connectivity index (χ1) is 11.1. The molecule has 2 heterocycles. The third-order valence-electron chi connectivity index (χ3n) is 3.94. The predicted octanol–water partition coefficient (Wildman–Crippen LogP) is 0.979. The molecule has 1 unspecified atom stereocenters. The van der Waals surface area contributed by atoms with E-state index in [1.165, 1.54) is 0 Å². The number of ether oxygens (including phenoxy) is 1. The molecule has 0 fully saturated rings. The molecule has 1 aromatic heterocycles. The van der Waals surface area contributed by atoms with Gasteiger partial charge in [0.05, 0.1) is 19.3 Å². The molecular formula is C16H18N4O3. The van der Waals surface area contributed by atoms with Gasteiger partial charge in [-0.25, -0.2) is 4.98 Å². The number of methoxy groups -OCH3 is 1. The number of fused-ring (bicyclic) bond motifs is 1. The van der Waals surface area contributed by atoms with E-state index in [4.69, 9.17) is 4.74 Å². The van der Waals surface area contributed by atoms with Gasteiger partial charge in [-0.3, -0.25) is 9.59 Å². The minimum absolute atomic E-state index is 0.0773. The van der Waals surface area contributed by atoms with E-state index < -0.39 is 0 Å². The van der Waals surface area contributed by atoms with Gasteiger partial charge in [0.1, 0.15) is 17.3 Å². The van der Waals surface area contributed by atoms with Crippen LogP contribution in [-0.2, 0) is 4.79 Å².